The molecule has 0 saturated carbocycles. The number of urea groups is 1. The predicted octanol–water partition coefficient (Wildman–Crippen LogP) is 2.69. The first-order chi connectivity index (χ1) is 13.6. The fourth-order valence-electron chi connectivity index (χ4n) is 3.39. The normalized spacial score (nSPS) is 18.2. The summed E-state index contributed by atoms with van der Waals surface area (Å²) in [5.74, 6) is 1.44. The van der Waals surface area contributed by atoms with Crippen molar-refractivity contribution in [3.05, 3.63) is 42.5 Å². The number of fused-ring (bicyclic) bond motifs is 1. The quantitative estimate of drug-likeness (QED) is 0.882. The summed E-state index contributed by atoms with van der Waals surface area (Å²) in [6.45, 7) is 2.70. The van der Waals surface area contributed by atoms with Gasteiger partial charge >= 0.3 is 6.03 Å². The van der Waals surface area contributed by atoms with Gasteiger partial charge in [-0.3, -0.25) is 4.79 Å². The zero-order valence-corrected chi connectivity index (χ0v) is 15.7. The lowest BCUT2D eigenvalue weighted by Gasteiger charge is -2.39. The highest BCUT2D eigenvalue weighted by atomic mass is 16.7. The molecule has 3 amide bonds. The van der Waals surface area contributed by atoms with E-state index in [-0.39, 0.29) is 18.7 Å². The minimum absolute atomic E-state index is 0.120. The number of piperazine rings is 1. The maximum atomic E-state index is 12.9. The average Bonchev–Trinajstić information content (AvgIpc) is 3.17. The Hall–Kier alpha value is -3.42. The van der Waals surface area contributed by atoms with Crippen LogP contribution in [0.3, 0.4) is 0 Å². The lowest BCUT2D eigenvalue weighted by atomic mass is 10.1. The van der Waals surface area contributed by atoms with Crippen LogP contribution in [0.4, 0.5) is 16.2 Å². The highest BCUT2D eigenvalue weighted by molar-refractivity contribution is 6.02. The van der Waals surface area contributed by atoms with Crippen LogP contribution in [0.1, 0.15) is 6.92 Å². The number of hydrogen-bond donors (Lipinski definition) is 1. The predicted molar refractivity (Wildman–Crippen MR) is 103 cm³/mol. The molecular weight excluding hydrogens is 362 g/mol. The van der Waals surface area contributed by atoms with Crippen LogP contribution in [0.15, 0.2) is 42.5 Å². The molecule has 2 aromatic carbocycles. The first kappa shape index (κ1) is 18.0. The molecule has 0 spiro atoms. The van der Waals surface area contributed by atoms with Crippen molar-refractivity contribution in [3.8, 4) is 17.2 Å². The molecular formula is C20H21N3O5. The van der Waals surface area contributed by atoms with E-state index in [0.29, 0.717) is 36.0 Å². The van der Waals surface area contributed by atoms with Crippen molar-refractivity contribution in [1.29, 1.82) is 0 Å². The molecule has 8 nitrogen and oxygen atoms in total. The first-order valence-corrected chi connectivity index (χ1v) is 9.00. The molecule has 2 heterocycles. The molecule has 146 valence electrons. The van der Waals surface area contributed by atoms with Crippen molar-refractivity contribution < 1.29 is 23.8 Å². The smallest absolute Gasteiger partial charge is 0.322 e. The molecule has 0 aromatic heterocycles. The van der Waals surface area contributed by atoms with E-state index in [2.05, 4.69) is 5.32 Å². The van der Waals surface area contributed by atoms with Gasteiger partial charge in [0.2, 0.25) is 12.7 Å². The SMILES string of the molecule is COc1cc2c(cc1NC(=O)N1CCN(c3ccccc3)C(=O)C1C)OCO2. The van der Waals surface area contributed by atoms with Crippen LogP contribution in [0.2, 0.25) is 0 Å². The number of carbonyl (C=O) groups is 2. The third-order valence-electron chi connectivity index (χ3n) is 4.92. The van der Waals surface area contributed by atoms with E-state index >= 15 is 0 Å². The van der Waals surface area contributed by atoms with E-state index in [1.54, 1.807) is 24.0 Å². The fraction of sp³-hybridized carbons (Fsp3) is 0.300. The second-order valence-electron chi connectivity index (χ2n) is 6.53. The van der Waals surface area contributed by atoms with Gasteiger partial charge in [-0.05, 0) is 19.1 Å². The van der Waals surface area contributed by atoms with Gasteiger partial charge in [-0.2, -0.15) is 0 Å². The Bertz CT molecular complexity index is 902. The number of methoxy groups -OCH3 is 1. The number of rotatable bonds is 3. The summed E-state index contributed by atoms with van der Waals surface area (Å²) in [7, 11) is 1.51. The maximum absolute atomic E-state index is 12.9. The number of hydrogen-bond acceptors (Lipinski definition) is 5. The summed E-state index contributed by atoms with van der Waals surface area (Å²) in [5, 5.41) is 2.82. The third kappa shape index (κ3) is 3.17. The van der Waals surface area contributed by atoms with Gasteiger partial charge in [-0.25, -0.2) is 4.79 Å². The van der Waals surface area contributed by atoms with Gasteiger partial charge in [-0.1, -0.05) is 18.2 Å². The molecule has 0 aliphatic carbocycles. The summed E-state index contributed by atoms with van der Waals surface area (Å²) in [6, 6.07) is 11.8. The summed E-state index contributed by atoms with van der Waals surface area (Å²) in [5.41, 5.74) is 1.29. The van der Waals surface area contributed by atoms with E-state index in [1.807, 2.05) is 30.3 Å². The van der Waals surface area contributed by atoms with E-state index in [0.717, 1.165) is 5.69 Å². The molecule has 1 fully saturated rings. The number of anilines is 2. The fourth-order valence-corrected chi connectivity index (χ4v) is 3.39. The highest BCUT2D eigenvalue weighted by Gasteiger charge is 2.35. The lowest BCUT2D eigenvalue weighted by molar-refractivity contribution is -0.123. The number of nitrogens with zero attached hydrogens (tertiary/aromatic N) is 2. The number of nitrogens with one attached hydrogen (secondary N) is 1. The van der Waals surface area contributed by atoms with Crippen LogP contribution in [-0.4, -0.2) is 49.9 Å². The van der Waals surface area contributed by atoms with Gasteiger partial charge in [0, 0.05) is 30.9 Å². The van der Waals surface area contributed by atoms with Crippen molar-refractivity contribution in [1.82, 2.24) is 4.90 Å². The second-order valence-corrected chi connectivity index (χ2v) is 6.53. The van der Waals surface area contributed by atoms with Crippen LogP contribution in [0.5, 0.6) is 17.2 Å². The van der Waals surface area contributed by atoms with Crippen molar-refractivity contribution >= 4 is 23.3 Å². The Kier molecular flexibility index (Phi) is 4.68. The number of carbonyl (C=O) groups excluding carboxylic acids is 2. The molecule has 2 aliphatic rings. The molecule has 0 radical (unpaired) electrons. The lowest BCUT2D eigenvalue weighted by Crippen LogP contribution is -2.58. The zero-order chi connectivity index (χ0) is 19.7. The number of para-hydroxylation sites is 1. The minimum atomic E-state index is -0.589. The first-order valence-electron chi connectivity index (χ1n) is 9.00. The van der Waals surface area contributed by atoms with Gasteiger partial charge in [0.25, 0.3) is 0 Å². The topological polar surface area (TPSA) is 80.3 Å². The van der Waals surface area contributed by atoms with E-state index in [1.165, 1.54) is 12.0 Å². The number of benzene rings is 2. The summed E-state index contributed by atoms with van der Waals surface area (Å²) in [4.78, 5) is 28.9. The molecule has 28 heavy (non-hydrogen) atoms. The standard InChI is InChI=1S/C20H21N3O5/c1-13-19(24)23(14-6-4-3-5-7-14)9-8-22(13)20(25)21-15-10-17-18(28-12-27-17)11-16(15)26-2/h3-7,10-11,13H,8-9,12H2,1-2H3,(H,21,25). The molecule has 2 aliphatic heterocycles. The second kappa shape index (κ2) is 7.30. The van der Waals surface area contributed by atoms with Gasteiger partial charge in [0.05, 0.1) is 12.8 Å². The number of ether oxygens (including phenoxy) is 3. The molecule has 1 atom stereocenters. The molecule has 0 bridgehead atoms. The van der Waals surface area contributed by atoms with Crippen LogP contribution >= 0.6 is 0 Å². The minimum Gasteiger partial charge on any atom is -0.494 e. The van der Waals surface area contributed by atoms with Crippen LogP contribution < -0.4 is 24.4 Å². The Morgan fingerprint density at radius 1 is 1.14 bits per heavy atom. The maximum Gasteiger partial charge on any atom is 0.322 e. The van der Waals surface area contributed by atoms with E-state index in [4.69, 9.17) is 14.2 Å². The van der Waals surface area contributed by atoms with E-state index in [9.17, 15) is 9.59 Å². The highest BCUT2D eigenvalue weighted by Crippen LogP contribution is 2.40. The van der Waals surface area contributed by atoms with Gasteiger partial charge in [0.1, 0.15) is 11.8 Å². The molecule has 1 saturated heterocycles. The molecule has 4 rings (SSSR count). The van der Waals surface area contributed by atoms with Crippen LogP contribution in [0, 0.1) is 0 Å². The van der Waals surface area contributed by atoms with E-state index < -0.39 is 6.04 Å². The van der Waals surface area contributed by atoms with Crippen molar-refractivity contribution in [3.63, 3.8) is 0 Å². The van der Waals surface area contributed by atoms with Crippen molar-refractivity contribution in [2.45, 2.75) is 13.0 Å². The zero-order valence-electron chi connectivity index (χ0n) is 15.7. The Morgan fingerprint density at radius 2 is 1.86 bits per heavy atom. The van der Waals surface area contributed by atoms with Crippen LogP contribution in [-0.2, 0) is 4.79 Å². The largest absolute Gasteiger partial charge is 0.494 e. The Labute approximate surface area is 162 Å². The monoisotopic (exact) mass is 383 g/mol. The summed E-state index contributed by atoms with van der Waals surface area (Å²) < 4.78 is 16.0. The van der Waals surface area contributed by atoms with Crippen LogP contribution in [0.25, 0.3) is 0 Å². The number of amides is 3. The molecule has 1 unspecified atom stereocenters. The van der Waals surface area contributed by atoms with Gasteiger partial charge in [0.15, 0.2) is 11.5 Å². The molecule has 1 N–H and O–H groups in total. The third-order valence-corrected chi connectivity index (χ3v) is 4.92. The van der Waals surface area contributed by atoms with Crippen molar-refractivity contribution in [2.24, 2.45) is 0 Å². The van der Waals surface area contributed by atoms with Gasteiger partial charge in [-0.15, -0.1) is 0 Å². The molecule has 8 heteroatoms. The van der Waals surface area contributed by atoms with Crippen molar-refractivity contribution in [2.75, 3.05) is 37.2 Å². The van der Waals surface area contributed by atoms with Gasteiger partial charge < -0.3 is 29.3 Å². The Morgan fingerprint density at radius 3 is 2.57 bits per heavy atom. The molecule has 2 aromatic rings. The summed E-state index contributed by atoms with van der Waals surface area (Å²) in [6.07, 6.45) is 0. The average molecular weight is 383 g/mol. The Balaban J connectivity index is 1.50. The summed E-state index contributed by atoms with van der Waals surface area (Å²) >= 11 is 0.